The summed E-state index contributed by atoms with van der Waals surface area (Å²) in [6, 6.07) is 1.23. The van der Waals surface area contributed by atoms with E-state index in [1.807, 2.05) is 6.92 Å². The minimum atomic E-state index is -0.419. The Morgan fingerprint density at radius 2 is 2.15 bits per heavy atom. The first-order valence-corrected chi connectivity index (χ1v) is 6.48. The van der Waals surface area contributed by atoms with E-state index in [2.05, 4.69) is 26.0 Å². The zero-order chi connectivity index (χ0) is 15.0. The van der Waals surface area contributed by atoms with Crippen LogP contribution in [0, 0.1) is 0 Å². The van der Waals surface area contributed by atoms with Crippen molar-refractivity contribution in [2.75, 3.05) is 31.0 Å². The van der Waals surface area contributed by atoms with Gasteiger partial charge in [0.15, 0.2) is 0 Å². The molecule has 1 aromatic rings. The Morgan fingerprint density at radius 3 is 2.75 bits per heavy atom. The molecule has 0 spiro atoms. The molecule has 5 N–H and O–H groups in total. The zero-order valence-electron chi connectivity index (χ0n) is 12.1. The molecule has 1 aromatic heterocycles. The van der Waals surface area contributed by atoms with Gasteiger partial charge in [-0.2, -0.15) is 0 Å². The summed E-state index contributed by atoms with van der Waals surface area (Å²) in [4.78, 5) is 20.3. The van der Waals surface area contributed by atoms with Crippen LogP contribution >= 0.6 is 0 Å². The minimum Gasteiger partial charge on any atom is -0.383 e. The van der Waals surface area contributed by atoms with Crippen molar-refractivity contribution >= 4 is 17.5 Å². The number of methoxy groups -OCH3 is 1. The number of ether oxygens (including phenoxy) is 1. The lowest BCUT2D eigenvalue weighted by molar-refractivity contribution is -0.121. The SMILES string of the molecule is CCc1nc(NN)cc(NC(C)C(=O)NCCOC)n1. The standard InChI is InChI=1S/C12H22N6O2/c1-4-9-16-10(7-11(17-9)18-13)15-8(2)12(19)14-5-6-20-3/h7-8H,4-6,13H2,1-3H3,(H,14,19)(H2,15,16,17,18). The summed E-state index contributed by atoms with van der Waals surface area (Å²) in [6.07, 6.45) is 0.679. The van der Waals surface area contributed by atoms with Gasteiger partial charge in [-0.1, -0.05) is 6.92 Å². The largest absolute Gasteiger partial charge is 0.383 e. The van der Waals surface area contributed by atoms with E-state index in [0.29, 0.717) is 37.0 Å². The number of hydrazine groups is 1. The van der Waals surface area contributed by atoms with Gasteiger partial charge in [0.2, 0.25) is 5.91 Å². The summed E-state index contributed by atoms with van der Waals surface area (Å²) in [5.74, 6) is 6.94. The number of aryl methyl sites for hydroxylation is 1. The van der Waals surface area contributed by atoms with Crippen molar-refractivity contribution in [1.82, 2.24) is 15.3 Å². The van der Waals surface area contributed by atoms with Gasteiger partial charge in [0.1, 0.15) is 23.5 Å². The Kier molecular flexibility index (Phi) is 6.68. The van der Waals surface area contributed by atoms with E-state index in [9.17, 15) is 4.79 Å². The molecule has 8 heteroatoms. The monoisotopic (exact) mass is 282 g/mol. The number of hydrogen-bond donors (Lipinski definition) is 4. The number of carbonyl (C=O) groups excluding carboxylic acids is 1. The number of carbonyl (C=O) groups is 1. The van der Waals surface area contributed by atoms with Crippen molar-refractivity contribution in [3.63, 3.8) is 0 Å². The van der Waals surface area contributed by atoms with E-state index in [1.54, 1.807) is 20.1 Å². The average Bonchev–Trinajstić information content (AvgIpc) is 2.46. The first kappa shape index (κ1) is 16.1. The number of nitrogen functional groups attached to an aromatic ring is 1. The van der Waals surface area contributed by atoms with Gasteiger partial charge in [-0.25, -0.2) is 15.8 Å². The first-order valence-electron chi connectivity index (χ1n) is 6.48. The van der Waals surface area contributed by atoms with Gasteiger partial charge in [-0.3, -0.25) is 4.79 Å². The molecule has 1 heterocycles. The third kappa shape index (κ3) is 4.98. The maximum atomic E-state index is 11.8. The fraction of sp³-hybridized carbons (Fsp3) is 0.583. The lowest BCUT2D eigenvalue weighted by Gasteiger charge is -2.15. The molecule has 1 rings (SSSR count). The quantitative estimate of drug-likeness (QED) is 0.299. The van der Waals surface area contributed by atoms with E-state index < -0.39 is 6.04 Å². The molecule has 0 fully saturated rings. The highest BCUT2D eigenvalue weighted by molar-refractivity contribution is 5.83. The third-order valence-corrected chi connectivity index (χ3v) is 2.60. The molecule has 0 aliphatic heterocycles. The highest BCUT2D eigenvalue weighted by Gasteiger charge is 2.13. The molecule has 0 aliphatic rings. The van der Waals surface area contributed by atoms with Crippen molar-refractivity contribution in [2.24, 2.45) is 5.84 Å². The van der Waals surface area contributed by atoms with Crippen LogP contribution in [0.4, 0.5) is 11.6 Å². The Balaban J connectivity index is 2.64. The number of anilines is 2. The molecule has 0 saturated carbocycles. The molecular formula is C12H22N6O2. The van der Waals surface area contributed by atoms with Gasteiger partial charge in [0.05, 0.1) is 6.61 Å². The lowest BCUT2D eigenvalue weighted by Crippen LogP contribution is -2.39. The second-order valence-corrected chi connectivity index (χ2v) is 4.20. The summed E-state index contributed by atoms with van der Waals surface area (Å²) in [5, 5.41) is 5.77. The van der Waals surface area contributed by atoms with Crippen LogP contribution < -0.4 is 21.9 Å². The average molecular weight is 282 g/mol. The number of nitrogens with two attached hydrogens (primary N) is 1. The van der Waals surface area contributed by atoms with E-state index in [1.165, 1.54) is 0 Å². The molecule has 1 atom stereocenters. The molecule has 0 bridgehead atoms. The van der Waals surface area contributed by atoms with Gasteiger partial charge >= 0.3 is 0 Å². The van der Waals surface area contributed by atoms with Crippen molar-refractivity contribution < 1.29 is 9.53 Å². The zero-order valence-corrected chi connectivity index (χ0v) is 12.1. The predicted molar refractivity (Wildman–Crippen MR) is 77.2 cm³/mol. The summed E-state index contributed by atoms with van der Waals surface area (Å²) < 4.78 is 4.87. The second-order valence-electron chi connectivity index (χ2n) is 4.20. The molecule has 0 radical (unpaired) electrons. The highest BCUT2D eigenvalue weighted by atomic mass is 16.5. The Hall–Kier alpha value is -1.93. The van der Waals surface area contributed by atoms with Gasteiger partial charge in [0, 0.05) is 26.1 Å². The number of rotatable bonds is 8. The van der Waals surface area contributed by atoms with Crippen molar-refractivity contribution in [2.45, 2.75) is 26.3 Å². The van der Waals surface area contributed by atoms with E-state index in [4.69, 9.17) is 10.6 Å². The molecule has 1 unspecified atom stereocenters. The number of amides is 1. The number of hydrogen-bond acceptors (Lipinski definition) is 7. The molecule has 112 valence electrons. The van der Waals surface area contributed by atoms with Crippen LogP contribution in [0.25, 0.3) is 0 Å². The molecule has 0 saturated heterocycles. The van der Waals surface area contributed by atoms with Crippen LogP contribution in [0.1, 0.15) is 19.7 Å². The molecule has 20 heavy (non-hydrogen) atoms. The van der Waals surface area contributed by atoms with Gasteiger partial charge < -0.3 is 20.8 Å². The van der Waals surface area contributed by atoms with Crippen LogP contribution in [0.3, 0.4) is 0 Å². The smallest absolute Gasteiger partial charge is 0.242 e. The second kappa shape index (κ2) is 8.28. The number of nitrogens with one attached hydrogen (secondary N) is 3. The van der Waals surface area contributed by atoms with Crippen molar-refractivity contribution in [3.05, 3.63) is 11.9 Å². The van der Waals surface area contributed by atoms with Crippen LogP contribution in [0.2, 0.25) is 0 Å². The highest BCUT2D eigenvalue weighted by Crippen LogP contribution is 2.11. The van der Waals surface area contributed by atoms with Crippen LogP contribution in [0.15, 0.2) is 6.07 Å². The fourth-order valence-electron chi connectivity index (χ4n) is 1.52. The number of nitrogens with zero attached hydrogens (tertiary/aromatic N) is 2. The van der Waals surface area contributed by atoms with Crippen LogP contribution in [-0.4, -0.2) is 42.2 Å². The minimum absolute atomic E-state index is 0.124. The van der Waals surface area contributed by atoms with E-state index in [-0.39, 0.29) is 5.91 Å². The summed E-state index contributed by atoms with van der Waals surface area (Å²) >= 11 is 0. The van der Waals surface area contributed by atoms with E-state index >= 15 is 0 Å². The first-order chi connectivity index (χ1) is 9.60. The van der Waals surface area contributed by atoms with Gasteiger partial charge in [-0.15, -0.1) is 0 Å². The van der Waals surface area contributed by atoms with Crippen LogP contribution in [0.5, 0.6) is 0 Å². The molecule has 1 amide bonds. The van der Waals surface area contributed by atoms with Gasteiger partial charge in [0.25, 0.3) is 0 Å². The Labute approximate surface area is 118 Å². The molecular weight excluding hydrogens is 260 g/mol. The summed E-state index contributed by atoms with van der Waals surface area (Å²) in [7, 11) is 1.59. The molecule has 0 aliphatic carbocycles. The summed E-state index contributed by atoms with van der Waals surface area (Å²) in [5.41, 5.74) is 2.48. The van der Waals surface area contributed by atoms with Gasteiger partial charge in [-0.05, 0) is 6.92 Å². The van der Waals surface area contributed by atoms with Crippen LogP contribution in [-0.2, 0) is 16.0 Å². The fourth-order valence-corrected chi connectivity index (χ4v) is 1.52. The number of aromatic nitrogens is 2. The predicted octanol–water partition coefficient (Wildman–Crippen LogP) is -0.112. The Bertz CT molecular complexity index is 418. The normalized spacial score (nSPS) is 11.8. The third-order valence-electron chi connectivity index (χ3n) is 2.60. The maximum absolute atomic E-state index is 11.8. The van der Waals surface area contributed by atoms with Crippen molar-refractivity contribution in [3.8, 4) is 0 Å². The van der Waals surface area contributed by atoms with Crippen molar-refractivity contribution in [1.29, 1.82) is 0 Å². The maximum Gasteiger partial charge on any atom is 0.242 e. The lowest BCUT2D eigenvalue weighted by atomic mass is 10.3. The summed E-state index contributed by atoms with van der Waals surface area (Å²) in [6.45, 7) is 4.65. The van der Waals surface area contributed by atoms with E-state index in [0.717, 1.165) is 0 Å². The topological polar surface area (TPSA) is 114 Å². The molecule has 8 nitrogen and oxygen atoms in total. The Morgan fingerprint density at radius 1 is 1.45 bits per heavy atom. The molecule has 0 aromatic carbocycles.